The van der Waals surface area contributed by atoms with Gasteiger partial charge in [-0.1, -0.05) is 30.3 Å². The molecule has 0 saturated carbocycles. The van der Waals surface area contributed by atoms with Gasteiger partial charge in [-0.25, -0.2) is 4.79 Å². The first-order valence-corrected chi connectivity index (χ1v) is 8.90. The van der Waals surface area contributed by atoms with Crippen LogP contribution < -0.4 is 5.32 Å². The second-order valence-corrected chi connectivity index (χ2v) is 7.00. The van der Waals surface area contributed by atoms with Crippen LogP contribution in [0.1, 0.15) is 25.8 Å². The highest BCUT2D eigenvalue weighted by atomic mass is 16.8. The number of rotatable bonds is 6. The molecule has 1 aromatic carbocycles. The minimum Gasteiger partial charge on any atom is -0.469 e. The maximum Gasteiger partial charge on any atom is 0.407 e. The average molecular weight is 379 g/mol. The largest absolute Gasteiger partial charge is 0.469 e. The third kappa shape index (κ3) is 4.97. The summed E-state index contributed by atoms with van der Waals surface area (Å²) in [6.07, 6.45) is -2.21. The molecule has 8 nitrogen and oxygen atoms in total. The van der Waals surface area contributed by atoms with Gasteiger partial charge in [0.15, 0.2) is 5.79 Å². The van der Waals surface area contributed by atoms with Gasteiger partial charge in [-0.3, -0.25) is 4.79 Å². The number of ether oxygens (including phenoxy) is 5. The number of amides is 1. The molecule has 2 saturated heterocycles. The number of carbonyl (C=O) groups is 2. The zero-order valence-corrected chi connectivity index (χ0v) is 15.7. The zero-order chi connectivity index (χ0) is 19.4. The molecule has 1 amide bonds. The Hall–Kier alpha value is -2.16. The summed E-state index contributed by atoms with van der Waals surface area (Å²) in [4.78, 5) is 23.6. The Balaban J connectivity index is 1.52. The van der Waals surface area contributed by atoms with Gasteiger partial charge in [0.25, 0.3) is 0 Å². The maximum atomic E-state index is 12.0. The van der Waals surface area contributed by atoms with Gasteiger partial charge in [0.2, 0.25) is 0 Å². The Kier molecular flexibility index (Phi) is 5.98. The number of fused-ring (bicyclic) bond motifs is 1. The Morgan fingerprint density at radius 1 is 1.11 bits per heavy atom. The fourth-order valence-electron chi connectivity index (χ4n) is 3.31. The highest BCUT2D eigenvalue weighted by Gasteiger charge is 2.55. The van der Waals surface area contributed by atoms with Gasteiger partial charge in [0.1, 0.15) is 24.9 Å². The van der Waals surface area contributed by atoms with Crippen LogP contribution in [0.15, 0.2) is 30.3 Å². The second-order valence-electron chi connectivity index (χ2n) is 7.00. The van der Waals surface area contributed by atoms with Crippen molar-refractivity contribution in [3.8, 4) is 0 Å². The van der Waals surface area contributed by atoms with Crippen LogP contribution in [-0.2, 0) is 35.1 Å². The lowest BCUT2D eigenvalue weighted by Crippen LogP contribution is -2.40. The van der Waals surface area contributed by atoms with E-state index in [-0.39, 0.29) is 31.6 Å². The number of esters is 1. The topological polar surface area (TPSA) is 92.3 Å². The Morgan fingerprint density at radius 3 is 2.44 bits per heavy atom. The first-order valence-electron chi connectivity index (χ1n) is 8.90. The van der Waals surface area contributed by atoms with Gasteiger partial charge < -0.3 is 29.0 Å². The molecule has 0 aromatic heterocycles. The molecule has 0 aliphatic carbocycles. The molecule has 2 heterocycles. The average Bonchev–Trinajstić information content (AvgIpc) is 3.12. The molecule has 0 bridgehead atoms. The predicted octanol–water partition coefficient (Wildman–Crippen LogP) is 1.76. The normalized spacial score (nSPS) is 28.4. The Bertz CT molecular complexity index is 663. The van der Waals surface area contributed by atoms with Crippen LogP contribution in [0.25, 0.3) is 0 Å². The molecule has 1 N–H and O–H groups in total. The standard InChI is InChI=1S/C19H25NO7/c1-19(2)26-16-13(9-15(21)23-3)25-14(17(16)27-19)10-20-18(22)24-11-12-7-5-4-6-8-12/h4-8,13-14,16-17H,9-11H2,1-3H3,(H,20,22)/t13-,14-,16+,17-/m1/s1. The molecule has 2 aliphatic rings. The van der Waals surface area contributed by atoms with Crippen molar-refractivity contribution in [3.05, 3.63) is 35.9 Å². The highest BCUT2D eigenvalue weighted by Crippen LogP contribution is 2.39. The molecule has 4 atom stereocenters. The van der Waals surface area contributed by atoms with Gasteiger partial charge in [-0.05, 0) is 19.4 Å². The maximum absolute atomic E-state index is 12.0. The third-order valence-corrected chi connectivity index (χ3v) is 4.50. The fraction of sp³-hybridized carbons (Fsp3) is 0.579. The first-order chi connectivity index (χ1) is 12.9. The van der Waals surface area contributed by atoms with Crippen molar-refractivity contribution >= 4 is 12.1 Å². The van der Waals surface area contributed by atoms with E-state index in [9.17, 15) is 9.59 Å². The predicted molar refractivity (Wildman–Crippen MR) is 93.7 cm³/mol. The van der Waals surface area contributed by atoms with Crippen molar-refractivity contribution in [2.45, 2.75) is 57.1 Å². The Morgan fingerprint density at radius 2 is 1.78 bits per heavy atom. The number of alkyl carbamates (subject to hydrolysis) is 1. The van der Waals surface area contributed by atoms with Gasteiger partial charge >= 0.3 is 12.1 Å². The number of hydrogen-bond donors (Lipinski definition) is 1. The van der Waals surface area contributed by atoms with E-state index in [0.717, 1.165) is 5.56 Å². The highest BCUT2D eigenvalue weighted by molar-refractivity contribution is 5.70. The van der Waals surface area contributed by atoms with E-state index in [1.165, 1.54) is 7.11 Å². The van der Waals surface area contributed by atoms with Gasteiger partial charge in [-0.2, -0.15) is 0 Å². The van der Waals surface area contributed by atoms with Gasteiger partial charge in [0.05, 0.1) is 19.6 Å². The molecule has 3 rings (SSSR count). The number of hydrogen-bond acceptors (Lipinski definition) is 7. The van der Waals surface area contributed by atoms with E-state index < -0.39 is 30.2 Å². The molecule has 27 heavy (non-hydrogen) atoms. The lowest BCUT2D eigenvalue weighted by Gasteiger charge is -2.24. The summed E-state index contributed by atoms with van der Waals surface area (Å²) in [5.74, 6) is -1.16. The minimum atomic E-state index is -0.778. The molecular weight excluding hydrogens is 354 g/mol. The van der Waals surface area contributed by atoms with Crippen LogP contribution in [0.3, 0.4) is 0 Å². The molecular formula is C19H25NO7. The number of benzene rings is 1. The smallest absolute Gasteiger partial charge is 0.407 e. The van der Waals surface area contributed by atoms with E-state index in [1.54, 1.807) is 13.8 Å². The van der Waals surface area contributed by atoms with Crippen molar-refractivity contribution in [3.63, 3.8) is 0 Å². The van der Waals surface area contributed by atoms with Crippen molar-refractivity contribution in [1.29, 1.82) is 0 Å². The summed E-state index contributed by atoms with van der Waals surface area (Å²) < 4.78 is 27.6. The van der Waals surface area contributed by atoms with E-state index in [0.29, 0.717) is 0 Å². The van der Waals surface area contributed by atoms with Crippen LogP contribution in [-0.4, -0.2) is 55.9 Å². The number of methoxy groups -OCH3 is 1. The lowest BCUT2D eigenvalue weighted by molar-refractivity contribution is -0.189. The zero-order valence-electron chi connectivity index (χ0n) is 15.7. The molecule has 2 fully saturated rings. The summed E-state index contributed by atoms with van der Waals surface area (Å²) >= 11 is 0. The molecule has 2 aliphatic heterocycles. The second kappa shape index (κ2) is 8.24. The van der Waals surface area contributed by atoms with Crippen molar-refractivity contribution in [2.75, 3.05) is 13.7 Å². The van der Waals surface area contributed by atoms with Crippen LogP contribution in [0.4, 0.5) is 4.79 Å². The Labute approximate surface area is 158 Å². The lowest BCUT2D eigenvalue weighted by atomic mass is 10.1. The quantitative estimate of drug-likeness (QED) is 0.753. The van der Waals surface area contributed by atoms with Crippen LogP contribution in [0.2, 0.25) is 0 Å². The van der Waals surface area contributed by atoms with Gasteiger partial charge in [-0.15, -0.1) is 0 Å². The van der Waals surface area contributed by atoms with Crippen molar-refractivity contribution in [2.24, 2.45) is 0 Å². The first kappa shape index (κ1) is 19.6. The van der Waals surface area contributed by atoms with E-state index in [4.69, 9.17) is 23.7 Å². The summed E-state index contributed by atoms with van der Waals surface area (Å²) in [6, 6.07) is 9.41. The van der Waals surface area contributed by atoms with E-state index in [1.807, 2.05) is 30.3 Å². The molecule has 0 radical (unpaired) electrons. The molecule has 0 spiro atoms. The fourth-order valence-corrected chi connectivity index (χ4v) is 3.31. The van der Waals surface area contributed by atoms with Crippen LogP contribution in [0.5, 0.6) is 0 Å². The summed E-state index contributed by atoms with van der Waals surface area (Å²) in [6.45, 7) is 3.98. The van der Waals surface area contributed by atoms with Gasteiger partial charge in [0, 0.05) is 6.54 Å². The van der Waals surface area contributed by atoms with Crippen LogP contribution in [0, 0.1) is 0 Å². The number of carbonyl (C=O) groups excluding carboxylic acids is 2. The van der Waals surface area contributed by atoms with E-state index >= 15 is 0 Å². The molecule has 1 aromatic rings. The molecule has 8 heteroatoms. The van der Waals surface area contributed by atoms with E-state index in [2.05, 4.69) is 5.32 Å². The van der Waals surface area contributed by atoms with Crippen LogP contribution >= 0.6 is 0 Å². The summed E-state index contributed by atoms with van der Waals surface area (Å²) in [5.41, 5.74) is 0.900. The third-order valence-electron chi connectivity index (χ3n) is 4.50. The summed E-state index contributed by atoms with van der Waals surface area (Å²) in [7, 11) is 1.33. The van der Waals surface area contributed by atoms with Crippen molar-refractivity contribution in [1.82, 2.24) is 5.32 Å². The minimum absolute atomic E-state index is 0.0616. The monoisotopic (exact) mass is 379 g/mol. The number of nitrogens with one attached hydrogen (secondary N) is 1. The molecule has 0 unspecified atom stereocenters. The van der Waals surface area contributed by atoms with Crippen molar-refractivity contribution < 1.29 is 33.3 Å². The summed E-state index contributed by atoms with van der Waals surface area (Å²) in [5, 5.41) is 2.68. The SMILES string of the molecule is COC(=O)C[C@H]1O[C@H](CNC(=O)OCc2ccccc2)[C@H]2OC(C)(C)O[C@H]21. The molecule has 148 valence electrons.